The summed E-state index contributed by atoms with van der Waals surface area (Å²) in [5.74, 6) is 0.904. The zero-order chi connectivity index (χ0) is 20.1. The number of carbonyl (C=O) groups excluding carboxylic acids is 1. The summed E-state index contributed by atoms with van der Waals surface area (Å²) in [5, 5.41) is 22.5. The molecule has 0 aromatic rings. The normalized spacial score (nSPS) is 47.8. The topological polar surface area (TPSA) is 76.0 Å². The quantitative estimate of drug-likeness (QED) is 0.568. The molecule has 27 heavy (non-hydrogen) atoms. The Kier molecular flexibility index (Phi) is 5.52. The molecular formula is C22H36O5. The molecule has 2 aliphatic heterocycles. The van der Waals surface area contributed by atoms with Gasteiger partial charge in [-0.3, -0.25) is 4.79 Å². The van der Waals surface area contributed by atoms with Gasteiger partial charge in [-0.2, -0.15) is 0 Å². The maximum Gasteiger partial charge on any atom is 0.303 e. The van der Waals surface area contributed by atoms with E-state index in [2.05, 4.69) is 20.4 Å². The van der Waals surface area contributed by atoms with Crippen molar-refractivity contribution in [3.63, 3.8) is 0 Å². The van der Waals surface area contributed by atoms with Gasteiger partial charge < -0.3 is 19.7 Å². The Bertz CT molecular complexity index is 594. The smallest absolute Gasteiger partial charge is 0.303 e. The van der Waals surface area contributed by atoms with Crippen LogP contribution in [-0.2, 0) is 14.3 Å². The number of ether oxygens (including phenoxy) is 2. The fourth-order valence-electron chi connectivity index (χ4n) is 5.85. The molecule has 8 atom stereocenters. The zero-order valence-corrected chi connectivity index (χ0v) is 17.4. The molecule has 0 unspecified atom stereocenters. The second-order valence-corrected chi connectivity index (χ2v) is 9.86. The lowest BCUT2D eigenvalue weighted by atomic mass is 9.60. The molecule has 2 bridgehead atoms. The Hall–Kier alpha value is -0.910. The highest BCUT2D eigenvalue weighted by Crippen LogP contribution is 2.55. The number of hydrogen-bond donors (Lipinski definition) is 2. The summed E-state index contributed by atoms with van der Waals surface area (Å²) < 4.78 is 11.9. The number of hydrogen-bond acceptors (Lipinski definition) is 5. The Labute approximate surface area is 163 Å². The van der Waals surface area contributed by atoms with Crippen molar-refractivity contribution in [2.45, 2.75) is 96.2 Å². The molecule has 154 valence electrons. The van der Waals surface area contributed by atoms with Gasteiger partial charge in [-0.05, 0) is 57.3 Å². The summed E-state index contributed by atoms with van der Waals surface area (Å²) in [6.07, 6.45) is 2.09. The third-order valence-electron chi connectivity index (χ3n) is 7.25. The lowest BCUT2D eigenvalue weighted by Gasteiger charge is -2.45. The van der Waals surface area contributed by atoms with Gasteiger partial charge in [-0.25, -0.2) is 0 Å². The van der Waals surface area contributed by atoms with Crippen LogP contribution in [0.1, 0.15) is 66.7 Å². The van der Waals surface area contributed by atoms with E-state index in [1.54, 1.807) is 6.92 Å². The van der Waals surface area contributed by atoms with Gasteiger partial charge in [0, 0.05) is 19.3 Å². The van der Waals surface area contributed by atoms with Crippen molar-refractivity contribution in [2.24, 2.45) is 23.7 Å². The molecule has 2 N–H and O–H groups in total. The average Bonchev–Trinajstić information content (AvgIpc) is 2.91. The van der Waals surface area contributed by atoms with E-state index in [0.29, 0.717) is 31.1 Å². The molecule has 2 heterocycles. The number of aliphatic hydroxyl groups is 2. The van der Waals surface area contributed by atoms with Crippen LogP contribution in [0.3, 0.4) is 0 Å². The van der Waals surface area contributed by atoms with E-state index in [0.717, 1.165) is 12.8 Å². The van der Waals surface area contributed by atoms with Crippen LogP contribution in [-0.4, -0.2) is 45.7 Å². The highest BCUT2D eigenvalue weighted by atomic mass is 16.6. The summed E-state index contributed by atoms with van der Waals surface area (Å²) in [4.78, 5) is 11.6. The summed E-state index contributed by atoms with van der Waals surface area (Å²) in [7, 11) is 0. The number of esters is 1. The average molecular weight is 381 g/mol. The molecule has 1 aliphatic carbocycles. The van der Waals surface area contributed by atoms with Crippen LogP contribution in [0, 0.1) is 23.7 Å². The summed E-state index contributed by atoms with van der Waals surface area (Å²) >= 11 is 0. The van der Waals surface area contributed by atoms with Crippen molar-refractivity contribution in [1.82, 2.24) is 0 Å². The first-order chi connectivity index (χ1) is 12.4. The van der Waals surface area contributed by atoms with E-state index in [1.807, 2.05) is 6.92 Å². The highest BCUT2D eigenvalue weighted by Gasteiger charge is 2.59. The third-order valence-corrected chi connectivity index (χ3v) is 7.25. The summed E-state index contributed by atoms with van der Waals surface area (Å²) in [6.45, 7) is 13.7. The fraction of sp³-hybridized carbons (Fsp3) is 0.864. The van der Waals surface area contributed by atoms with E-state index in [4.69, 9.17) is 9.47 Å². The summed E-state index contributed by atoms with van der Waals surface area (Å²) in [6, 6.07) is 0. The Morgan fingerprint density at radius 2 is 1.93 bits per heavy atom. The molecule has 2 saturated heterocycles. The summed E-state index contributed by atoms with van der Waals surface area (Å²) in [5.41, 5.74) is -1.08. The Morgan fingerprint density at radius 3 is 2.52 bits per heavy atom. The zero-order valence-electron chi connectivity index (χ0n) is 17.4. The van der Waals surface area contributed by atoms with Crippen LogP contribution < -0.4 is 0 Å². The van der Waals surface area contributed by atoms with Crippen LogP contribution in [0.5, 0.6) is 0 Å². The van der Waals surface area contributed by atoms with Crippen LogP contribution >= 0.6 is 0 Å². The number of rotatable bonds is 2. The lowest BCUT2D eigenvalue weighted by Crippen LogP contribution is -2.50. The minimum atomic E-state index is -1.21. The molecule has 0 radical (unpaired) electrons. The molecule has 5 nitrogen and oxygen atoms in total. The predicted octanol–water partition coefficient (Wildman–Crippen LogP) is 3.23. The van der Waals surface area contributed by atoms with Crippen LogP contribution in [0.4, 0.5) is 0 Å². The van der Waals surface area contributed by atoms with E-state index in [-0.39, 0.29) is 24.0 Å². The van der Waals surface area contributed by atoms with Crippen LogP contribution in [0.2, 0.25) is 0 Å². The van der Waals surface area contributed by atoms with Gasteiger partial charge in [0.25, 0.3) is 0 Å². The van der Waals surface area contributed by atoms with Crippen LogP contribution in [0.15, 0.2) is 12.2 Å². The largest absolute Gasteiger partial charge is 0.460 e. The first-order valence-corrected chi connectivity index (χ1v) is 10.4. The van der Waals surface area contributed by atoms with Gasteiger partial charge in [0.15, 0.2) is 0 Å². The number of carbonyl (C=O) groups is 1. The molecular weight excluding hydrogens is 344 g/mol. The highest BCUT2D eigenvalue weighted by molar-refractivity contribution is 5.66. The van der Waals surface area contributed by atoms with Crippen molar-refractivity contribution >= 4 is 5.97 Å². The van der Waals surface area contributed by atoms with E-state index < -0.39 is 23.3 Å². The van der Waals surface area contributed by atoms with E-state index >= 15 is 0 Å². The van der Waals surface area contributed by atoms with E-state index in [9.17, 15) is 15.0 Å². The maximum atomic E-state index is 11.6. The number of fused-ring (bicyclic) bond motifs is 5. The molecule has 0 aromatic heterocycles. The molecule has 0 amide bonds. The molecule has 3 aliphatic rings. The second kappa shape index (κ2) is 7.16. The van der Waals surface area contributed by atoms with Crippen molar-refractivity contribution < 1.29 is 24.5 Å². The van der Waals surface area contributed by atoms with E-state index in [1.165, 1.54) is 12.5 Å². The Morgan fingerprint density at radius 1 is 1.26 bits per heavy atom. The standard InChI is InChI=1S/C22H36O5/c1-12(2)15-8-7-13(3)18-16-11-22(6,25)17(26-14(4)23)9-10-21(5,24)20(27-16)19(15)18/h12,15-20,24-25H,3,7-11H2,1-2,4-6H3/t15-,16-,17+,18-,19-,20-,21-,22+/m1/s1. The second-order valence-electron chi connectivity index (χ2n) is 9.86. The maximum absolute atomic E-state index is 11.6. The molecule has 1 saturated carbocycles. The van der Waals surface area contributed by atoms with Gasteiger partial charge in [0.05, 0.1) is 17.8 Å². The molecule has 0 aromatic carbocycles. The predicted molar refractivity (Wildman–Crippen MR) is 103 cm³/mol. The first kappa shape index (κ1) is 20.8. The lowest BCUT2D eigenvalue weighted by molar-refractivity contribution is -0.165. The monoisotopic (exact) mass is 380 g/mol. The molecule has 0 spiro atoms. The van der Waals surface area contributed by atoms with Gasteiger partial charge in [-0.15, -0.1) is 0 Å². The fourth-order valence-corrected chi connectivity index (χ4v) is 5.85. The van der Waals surface area contributed by atoms with Crippen molar-refractivity contribution in [3.05, 3.63) is 12.2 Å². The molecule has 5 heteroatoms. The van der Waals surface area contributed by atoms with Gasteiger partial charge in [-0.1, -0.05) is 26.0 Å². The molecule has 3 rings (SSSR count). The Balaban J connectivity index is 2.00. The molecule has 3 fully saturated rings. The van der Waals surface area contributed by atoms with Gasteiger partial charge >= 0.3 is 5.97 Å². The van der Waals surface area contributed by atoms with Crippen molar-refractivity contribution in [1.29, 1.82) is 0 Å². The SMILES string of the molecule is C=C1CC[C@H](C(C)C)[C@@H]2[C@H]1[C@H]1C[C@](C)(O)[C@@H](OC(C)=O)CC[C@@](C)(O)[C@@H]2O1. The van der Waals surface area contributed by atoms with Gasteiger partial charge in [0.2, 0.25) is 0 Å². The first-order valence-electron chi connectivity index (χ1n) is 10.4. The third kappa shape index (κ3) is 3.83. The van der Waals surface area contributed by atoms with Crippen LogP contribution in [0.25, 0.3) is 0 Å². The van der Waals surface area contributed by atoms with Crippen molar-refractivity contribution in [2.75, 3.05) is 0 Å². The van der Waals surface area contributed by atoms with Crippen molar-refractivity contribution in [3.8, 4) is 0 Å². The minimum absolute atomic E-state index is 0.130. The van der Waals surface area contributed by atoms with Gasteiger partial charge in [0.1, 0.15) is 11.7 Å². The minimum Gasteiger partial charge on any atom is -0.460 e.